The molecular formula is C16H20N2O5. The minimum Gasteiger partial charge on any atom is -0.463 e. The van der Waals surface area contributed by atoms with E-state index >= 15 is 0 Å². The van der Waals surface area contributed by atoms with Gasteiger partial charge in [0, 0.05) is 0 Å². The summed E-state index contributed by atoms with van der Waals surface area (Å²) in [5.74, 6) is -0.263. The maximum atomic E-state index is 12.8. The van der Waals surface area contributed by atoms with Crippen molar-refractivity contribution >= 4 is 17.9 Å². The molecule has 3 amide bonds. The predicted molar refractivity (Wildman–Crippen MR) is 79.5 cm³/mol. The molecule has 2 atom stereocenters. The summed E-state index contributed by atoms with van der Waals surface area (Å²) in [6, 6.07) is 2.64. The summed E-state index contributed by atoms with van der Waals surface area (Å²) in [6.45, 7) is 2.01. The highest BCUT2D eigenvalue weighted by Gasteiger charge is 2.54. The predicted octanol–water partition coefficient (Wildman–Crippen LogP) is 2.07. The summed E-state index contributed by atoms with van der Waals surface area (Å²) in [5.41, 5.74) is -0.785. The maximum Gasteiger partial charge on any atom is 0.373 e. The van der Waals surface area contributed by atoms with Crippen molar-refractivity contribution in [1.29, 1.82) is 0 Å². The molecule has 2 heterocycles. The van der Waals surface area contributed by atoms with E-state index in [0.717, 1.165) is 19.3 Å². The number of carbonyl (C=O) groups excluding carboxylic acids is 3. The van der Waals surface area contributed by atoms with Gasteiger partial charge in [0.25, 0.3) is 5.91 Å². The summed E-state index contributed by atoms with van der Waals surface area (Å²) >= 11 is 0. The van der Waals surface area contributed by atoms with E-state index in [1.807, 2.05) is 6.92 Å². The molecule has 1 aromatic heterocycles. The lowest BCUT2D eigenvalue weighted by Crippen LogP contribution is -2.53. The fourth-order valence-corrected chi connectivity index (χ4v) is 3.47. The molecule has 1 aliphatic carbocycles. The van der Waals surface area contributed by atoms with Gasteiger partial charge in [-0.1, -0.05) is 19.8 Å². The topological polar surface area (TPSA) is 88.9 Å². The summed E-state index contributed by atoms with van der Waals surface area (Å²) in [5, 5.41) is 2.88. The van der Waals surface area contributed by atoms with E-state index in [-0.39, 0.29) is 24.1 Å². The molecule has 1 N–H and O–H groups in total. The van der Waals surface area contributed by atoms with Crippen molar-refractivity contribution in [3.05, 3.63) is 23.7 Å². The first-order chi connectivity index (χ1) is 11.0. The Balaban J connectivity index is 1.78. The van der Waals surface area contributed by atoms with Crippen LogP contribution in [-0.2, 0) is 16.1 Å². The number of methoxy groups -OCH3 is 1. The zero-order valence-electron chi connectivity index (χ0n) is 13.3. The van der Waals surface area contributed by atoms with Crippen molar-refractivity contribution in [3.8, 4) is 0 Å². The van der Waals surface area contributed by atoms with E-state index in [9.17, 15) is 14.4 Å². The highest BCUT2D eigenvalue weighted by Crippen LogP contribution is 2.38. The van der Waals surface area contributed by atoms with Gasteiger partial charge in [-0.15, -0.1) is 0 Å². The molecule has 7 nitrogen and oxygen atoms in total. The number of amides is 3. The van der Waals surface area contributed by atoms with Crippen LogP contribution in [0.5, 0.6) is 0 Å². The Labute approximate surface area is 134 Å². The number of carbonyl (C=O) groups is 3. The third kappa shape index (κ3) is 2.50. The number of furan rings is 1. The van der Waals surface area contributed by atoms with Crippen molar-refractivity contribution in [3.63, 3.8) is 0 Å². The number of nitrogens with zero attached hydrogens (tertiary/aromatic N) is 1. The Morgan fingerprint density at radius 1 is 1.43 bits per heavy atom. The van der Waals surface area contributed by atoms with Crippen LogP contribution in [0.25, 0.3) is 0 Å². The second kappa shape index (κ2) is 5.72. The molecule has 7 heteroatoms. The summed E-state index contributed by atoms with van der Waals surface area (Å²) in [6.07, 6.45) is 3.60. The summed E-state index contributed by atoms with van der Waals surface area (Å²) in [4.78, 5) is 37.6. The van der Waals surface area contributed by atoms with Gasteiger partial charge >= 0.3 is 12.0 Å². The van der Waals surface area contributed by atoms with Gasteiger partial charge in [0.2, 0.25) is 5.76 Å². The molecule has 1 aliphatic heterocycles. The largest absolute Gasteiger partial charge is 0.463 e. The lowest BCUT2D eigenvalue weighted by molar-refractivity contribution is -0.134. The zero-order chi connectivity index (χ0) is 16.6. The van der Waals surface area contributed by atoms with Gasteiger partial charge in [-0.25, -0.2) is 9.59 Å². The molecule has 2 fully saturated rings. The van der Waals surface area contributed by atoms with E-state index in [0.29, 0.717) is 12.2 Å². The Morgan fingerprint density at radius 2 is 2.22 bits per heavy atom. The summed E-state index contributed by atoms with van der Waals surface area (Å²) in [7, 11) is 1.26. The normalized spacial score (nSPS) is 27.4. The van der Waals surface area contributed by atoms with Crippen LogP contribution in [-0.4, -0.2) is 35.5 Å². The van der Waals surface area contributed by atoms with Gasteiger partial charge in [0.15, 0.2) is 0 Å². The summed E-state index contributed by atoms with van der Waals surface area (Å²) < 4.78 is 9.92. The molecule has 0 radical (unpaired) electrons. The van der Waals surface area contributed by atoms with Crippen LogP contribution < -0.4 is 5.32 Å². The zero-order valence-corrected chi connectivity index (χ0v) is 13.3. The first-order valence-electron chi connectivity index (χ1n) is 7.79. The van der Waals surface area contributed by atoms with Crippen LogP contribution >= 0.6 is 0 Å². The monoisotopic (exact) mass is 320 g/mol. The average Bonchev–Trinajstić information content (AvgIpc) is 3.09. The Bertz CT molecular complexity index is 653. The standard InChI is InChI=1S/C16H20N2O5/c1-10-5-3-4-8-16(10)14(20)18(15(21)17-16)9-11-6-7-12(23-11)13(19)22-2/h6-7,10H,3-5,8-9H2,1-2H3,(H,17,21)/t10-,16-/m1/s1. The van der Waals surface area contributed by atoms with Crippen LogP contribution in [0.3, 0.4) is 0 Å². The molecule has 2 aliphatic rings. The minimum atomic E-state index is -0.785. The fourth-order valence-electron chi connectivity index (χ4n) is 3.47. The molecule has 124 valence electrons. The Hall–Kier alpha value is -2.31. The van der Waals surface area contributed by atoms with E-state index in [4.69, 9.17) is 4.42 Å². The maximum absolute atomic E-state index is 12.8. The molecular weight excluding hydrogens is 300 g/mol. The van der Waals surface area contributed by atoms with Crippen LogP contribution in [0.1, 0.15) is 48.9 Å². The number of rotatable bonds is 3. The number of nitrogens with one attached hydrogen (secondary N) is 1. The van der Waals surface area contributed by atoms with Gasteiger partial charge in [0.1, 0.15) is 11.3 Å². The third-order valence-electron chi connectivity index (χ3n) is 4.86. The first-order valence-corrected chi connectivity index (χ1v) is 7.79. The van der Waals surface area contributed by atoms with Crippen LogP contribution in [0.2, 0.25) is 0 Å². The number of hydrogen-bond acceptors (Lipinski definition) is 5. The minimum absolute atomic E-state index is 0.0101. The SMILES string of the molecule is COC(=O)c1ccc(CN2C(=O)N[C@@]3(CCCC[C@H]3C)C2=O)o1. The van der Waals surface area contributed by atoms with E-state index in [1.165, 1.54) is 18.1 Å². The molecule has 3 rings (SSSR count). The van der Waals surface area contributed by atoms with E-state index in [1.54, 1.807) is 6.07 Å². The van der Waals surface area contributed by atoms with E-state index in [2.05, 4.69) is 10.1 Å². The quantitative estimate of drug-likeness (QED) is 0.680. The molecule has 0 bridgehead atoms. The third-order valence-corrected chi connectivity index (χ3v) is 4.86. The second-order valence-electron chi connectivity index (χ2n) is 6.20. The lowest BCUT2D eigenvalue weighted by Gasteiger charge is -2.36. The molecule has 0 aromatic carbocycles. The van der Waals surface area contributed by atoms with Gasteiger partial charge < -0.3 is 14.5 Å². The van der Waals surface area contributed by atoms with Crippen molar-refractivity contribution in [2.24, 2.45) is 5.92 Å². The van der Waals surface area contributed by atoms with Gasteiger partial charge in [0.05, 0.1) is 13.7 Å². The van der Waals surface area contributed by atoms with Crippen LogP contribution in [0.4, 0.5) is 4.79 Å². The number of hydrogen-bond donors (Lipinski definition) is 1. The first kappa shape index (κ1) is 15.6. The second-order valence-corrected chi connectivity index (χ2v) is 6.20. The van der Waals surface area contributed by atoms with Crippen LogP contribution in [0, 0.1) is 5.92 Å². The fraction of sp³-hybridized carbons (Fsp3) is 0.562. The van der Waals surface area contributed by atoms with Crippen molar-refractivity contribution < 1.29 is 23.5 Å². The molecule has 1 aromatic rings. The number of ether oxygens (including phenoxy) is 1. The van der Waals surface area contributed by atoms with Gasteiger partial charge in [-0.05, 0) is 30.9 Å². The van der Waals surface area contributed by atoms with Crippen molar-refractivity contribution in [2.75, 3.05) is 7.11 Å². The molecule has 1 saturated carbocycles. The van der Waals surface area contributed by atoms with Gasteiger partial charge in [-0.3, -0.25) is 9.69 Å². The Kier molecular flexibility index (Phi) is 3.87. The highest BCUT2D eigenvalue weighted by atomic mass is 16.5. The smallest absolute Gasteiger partial charge is 0.373 e. The molecule has 1 spiro atoms. The molecule has 23 heavy (non-hydrogen) atoms. The average molecular weight is 320 g/mol. The van der Waals surface area contributed by atoms with Crippen molar-refractivity contribution in [1.82, 2.24) is 10.2 Å². The molecule has 1 saturated heterocycles. The van der Waals surface area contributed by atoms with Crippen molar-refractivity contribution in [2.45, 2.75) is 44.7 Å². The number of esters is 1. The molecule has 0 unspecified atom stereocenters. The Morgan fingerprint density at radius 3 is 2.91 bits per heavy atom. The lowest BCUT2D eigenvalue weighted by atomic mass is 9.73. The van der Waals surface area contributed by atoms with Gasteiger partial charge in [-0.2, -0.15) is 0 Å². The number of urea groups is 1. The van der Waals surface area contributed by atoms with E-state index < -0.39 is 17.5 Å². The van der Waals surface area contributed by atoms with Crippen LogP contribution in [0.15, 0.2) is 16.5 Å². The number of imide groups is 1. The highest BCUT2D eigenvalue weighted by molar-refractivity contribution is 6.07.